The summed E-state index contributed by atoms with van der Waals surface area (Å²) in [6.45, 7) is 11.1. The third-order valence-corrected chi connectivity index (χ3v) is 5.59. The van der Waals surface area contributed by atoms with Gasteiger partial charge in [0.05, 0.1) is 5.60 Å². The zero-order valence-electron chi connectivity index (χ0n) is 16.7. The van der Waals surface area contributed by atoms with Gasteiger partial charge in [-0.15, -0.1) is 0 Å². The second kappa shape index (κ2) is 7.99. The lowest BCUT2D eigenvalue weighted by Crippen LogP contribution is -2.41. The van der Waals surface area contributed by atoms with Crippen LogP contribution in [0.25, 0.3) is 0 Å². The minimum Gasteiger partial charge on any atom is -0.454 e. The zero-order valence-corrected chi connectivity index (χ0v) is 16.7. The van der Waals surface area contributed by atoms with Crippen molar-refractivity contribution >= 4 is 6.21 Å². The van der Waals surface area contributed by atoms with Crippen LogP contribution < -0.4 is 9.47 Å². The van der Waals surface area contributed by atoms with E-state index in [1.54, 1.807) is 0 Å². The molecule has 1 aromatic rings. The molecule has 0 aromatic heterocycles. The van der Waals surface area contributed by atoms with Gasteiger partial charge in [-0.3, -0.25) is 4.99 Å². The molecule has 1 atom stereocenters. The molecule has 2 heterocycles. The van der Waals surface area contributed by atoms with Crippen LogP contribution in [-0.4, -0.2) is 31.8 Å². The number of hydrogen-bond acceptors (Lipinski definition) is 4. The van der Waals surface area contributed by atoms with Crippen molar-refractivity contribution in [1.82, 2.24) is 0 Å². The van der Waals surface area contributed by atoms with Crippen molar-refractivity contribution in [3.05, 3.63) is 23.8 Å². The fourth-order valence-electron chi connectivity index (χ4n) is 4.20. The minimum atomic E-state index is -0.0176. The summed E-state index contributed by atoms with van der Waals surface area (Å²) < 4.78 is 16.8. The second-order valence-electron chi connectivity index (χ2n) is 8.87. The molecule has 144 valence electrons. The van der Waals surface area contributed by atoms with Crippen LogP contribution in [0.2, 0.25) is 0 Å². The van der Waals surface area contributed by atoms with Gasteiger partial charge in [-0.25, -0.2) is 0 Å². The van der Waals surface area contributed by atoms with Crippen molar-refractivity contribution in [3.8, 4) is 11.5 Å². The van der Waals surface area contributed by atoms with Crippen LogP contribution in [0.4, 0.5) is 0 Å². The van der Waals surface area contributed by atoms with E-state index in [2.05, 4.69) is 27.7 Å². The summed E-state index contributed by atoms with van der Waals surface area (Å²) in [4.78, 5) is 4.72. The summed E-state index contributed by atoms with van der Waals surface area (Å²) in [6.07, 6.45) is 7.93. The summed E-state index contributed by atoms with van der Waals surface area (Å²) in [6, 6.07) is 5.98. The van der Waals surface area contributed by atoms with Crippen molar-refractivity contribution in [1.29, 1.82) is 0 Å². The van der Waals surface area contributed by atoms with Gasteiger partial charge >= 0.3 is 0 Å². The van der Waals surface area contributed by atoms with Crippen molar-refractivity contribution in [2.24, 2.45) is 16.3 Å². The van der Waals surface area contributed by atoms with Gasteiger partial charge in [-0.05, 0) is 74.6 Å². The molecule has 4 nitrogen and oxygen atoms in total. The molecule has 0 aliphatic carbocycles. The third kappa shape index (κ3) is 5.00. The number of benzene rings is 1. The van der Waals surface area contributed by atoms with E-state index in [1.807, 2.05) is 24.4 Å². The minimum absolute atomic E-state index is 0.0176. The van der Waals surface area contributed by atoms with Crippen molar-refractivity contribution in [2.45, 2.75) is 65.4 Å². The molecule has 0 radical (unpaired) electrons. The number of fused-ring (bicyclic) bond motifs is 1. The first-order valence-electron chi connectivity index (χ1n) is 9.91. The number of ether oxygens (including phenoxy) is 3. The SMILES string of the molecule is CC(C)CC[C@@]1(CCN=Cc2ccc3c(c2)OCO3)CCOC(C)(C)C1. The third-order valence-electron chi connectivity index (χ3n) is 5.59. The number of aliphatic imine (C=N–C) groups is 1. The van der Waals surface area contributed by atoms with Crippen LogP contribution in [0, 0.1) is 11.3 Å². The molecule has 0 unspecified atom stereocenters. The van der Waals surface area contributed by atoms with E-state index in [0.717, 1.165) is 55.4 Å². The lowest BCUT2D eigenvalue weighted by Gasteiger charge is -2.45. The standard InChI is InChI=1S/C22H33NO3/c1-17(2)7-8-22(10-12-26-21(3,4)15-22)9-11-23-14-18-5-6-19-20(13-18)25-16-24-19/h5-6,13-14,17H,7-12,15-16H2,1-4H3/t22-/m1/s1. The highest BCUT2D eigenvalue weighted by Crippen LogP contribution is 2.45. The van der Waals surface area contributed by atoms with Gasteiger partial charge in [0.25, 0.3) is 0 Å². The topological polar surface area (TPSA) is 40.0 Å². The molecule has 4 heteroatoms. The zero-order chi connectivity index (χ0) is 18.6. The van der Waals surface area contributed by atoms with Crippen LogP contribution >= 0.6 is 0 Å². The number of rotatable bonds is 7. The highest BCUT2D eigenvalue weighted by atomic mass is 16.7. The molecule has 0 saturated carbocycles. The molecule has 2 aliphatic heterocycles. The van der Waals surface area contributed by atoms with Gasteiger partial charge in [0, 0.05) is 19.4 Å². The average molecular weight is 360 g/mol. The fourth-order valence-corrected chi connectivity index (χ4v) is 4.20. The molecule has 3 rings (SSSR count). The molecule has 0 spiro atoms. The molecule has 0 amide bonds. The Morgan fingerprint density at radius 3 is 2.73 bits per heavy atom. The second-order valence-corrected chi connectivity index (χ2v) is 8.87. The van der Waals surface area contributed by atoms with Gasteiger partial charge in [0.1, 0.15) is 0 Å². The van der Waals surface area contributed by atoms with Crippen LogP contribution in [0.15, 0.2) is 23.2 Å². The average Bonchev–Trinajstić information content (AvgIpc) is 3.04. The Morgan fingerprint density at radius 2 is 1.96 bits per heavy atom. The highest BCUT2D eigenvalue weighted by Gasteiger charge is 2.40. The maximum Gasteiger partial charge on any atom is 0.231 e. The first-order chi connectivity index (χ1) is 12.4. The molecular weight excluding hydrogens is 326 g/mol. The Hall–Kier alpha value is -1.55. The van der Waals surface area contributed by atoms with Crippen molar-refractivity contribution in [3.63, 3.8) is 0 Å². The van der Waals surface area contributed by atoms with E-state index in [-0.39, 0.29) is 5.60 Å². The summed E-state index contributed by atoms with van der Waals surface area (Å²) in [7, 11) is 0. The predicted octanol–water partition coefficient (Wildman–Crippen LogP) is 5.24. The van der Waals surface area contributed by atoms with E-state index in [9.17, 15) is 0 Å². The smallest absolute Gasteiger partial charge is 0.231 e. The van der Waals surface area contributed by atoms with E-state index in [1.165, 1.54) is 12.8 Å². The Morgan fingerprint density at radius 1 is 1.15 bits per heavy atom. The Kier molecular flexibility index (Phi) is 5.91. The Balaban J connectivity index is 1.60. The predicted molar refractivity (Wildman–Crippen MR) is 105 cm³/mol. The molecule has 0 N–H and O–H groups in total. The summed E-state index contributed by atoms with van der Waals surface area (Å²) in [5.41, 5.74) is 1.41. The quantitative estimate of drug-likeness (QED) is 0.625. The lowest BCUT2D eigenvalue weighted by molar-refractivity contribution is -0.110. The molecule has 26 heavy (non-hydrogen) atoms. The van der Waals surface area contributed by atoms with E-state index >= 15 is 0 Å². The maximum atomic E-state index is 5.98. The van der Waals surface area contributed by atoms with Gasteiger partial charge in [0.15, 0.2) is 11.5 Å². The highest BCUT2D eigenvalue weighted by molar-refractivity contribution is 5.81. The lowest BCUT2D eigenvalue weighted by atomic mass is 9.68. The van der Waals surface area contributed by atoms with Gasteiger partial charge in [0.2, 0.25) is 6.79 Å². The molecule has 2 aliphatic rings. The fraction of sp³-hybridized carbons (Fsp3) is 0.682. The first kappa shape index (κ1) is 19.2. The van der Waals surface area contributed by atoms with E-state index in [4.69, 9.17) is 19.2 Å². The van der Waals surface area contributed by atoms with Crippen LogP contribution in [0.3, 0.4) is 0 Å². The van der Waals surface area contributed by atoms with Crippen molar-refractivity contribution < 1.29 is 14.2 Å². The number of nitrogens with zero attached hydrogens (tertiary/aromatic N) is 1. The van der Waals surface area contributed by atoms with Gasteiger partial charge in [-0.1, -0.05) is 20.3 Å². The molecule has 1 aromatic carbocycles. The largest absolute Gasteiger partial charge is 0.454 e. The summed E-state index contributed by atoms with van der Waals surface area (Å²) in [5, 5.41) is 0. The van der Waals surface area contributed by atoms with Gasteiger partial charge in [-0.2, -0.15) is 0 Å². The summed E-state index contributed by atoms with van der Waals surface area (Å²) >= 11 is 0. The molecule has 0 bridgehead atoms. The van der Waals surface area contributed by atoms with Gasteiger partial charge < -0.3 is 14.2 Å². The van der Waals surface area contributed by atoms with Crippen LogP contribution in [-0.2, 0) is 4.74 Å². The van der Waals surface area contributed by atoms with Crippen molar-refractivity contribution in [2.75, 3.05) is 19.9 Å². The molecule has 1 saturated heterocycles. The van der Waals surface area contributed by atoms with E-state index < -0.39 is 0 Å². The Labute approximate surface area is 157 Å². The van der Waals surface area contributed by atoms with Crippen LogP contribution in [0.1, 0.15) is 65.4 Å². The van der Waals surface area contributed by atoms with Crippen LogP contribution in [0.5, 0.6) is 11.5 Å². The molecule has 1 fully saturated rings. The first-order valence-corrected chi connectivity index (χ1v) is 9.91. The Bertz CT molecular complexity index is 638. The van der Waals surface area contributed by atoms with E-state index in [0.29, 0.717) is 12.2 Å². The number of hydrogen-bond donors (Lipinski definition) is 0. The maximum absolute atomic E-state index is 5.98. The summed E-state index contributed by atoms with van der Waals surface area (Å²) in [5.74, 6) is 2.38. The molecular formula is C22H33NO3. The normalized spacial score (nSPS) is 24.5. The monoisotopic (exact) mass is 359 g/mol.